The summed E-state index contributed by atoms with van der Waals surface area (Å²) in [6, 6.07) is 50.4. The Hall–Kier alpha value is -6.20. The van der Waals surface area contributed by atoms with Crippen LogP contribution in [-0.4, -0.2) is 24.7 Å². The van der Waals surface area contributed by atoms with Gasteiger partial charge in [-0.1, -0.05) is 135 Å². The molecule has 5 heteroatoms. The lowest BCUT2D eigenvalue weighted by Crippen LogP contribution is -2.15. The quantitative estimate of drug-likeness (QED) is 0.193. The number of hydrogen-bond donors (Lipinski definition) is 0. The second kappa shape index (κ2) is 11.0. The first kappa shape index (κ1) is 28.1. The van der Waals surface area contributed by atoms with Crippen LogP contribution in [0.3, 0.4) is 0 Å². The molecule has 0 radical (unpaired) electrons. The molecule has 1 aliphatic carbocycles. The zero-order valence-electron chi connectivity index (χ0n) is 26.7. The molecule has 0 N–H and O–H groups in total. The third kappa shape index (κ3) is 4.55. The molecule has 6 aromatic carbocycles. The average Bonchev–Trinajstić information content (AvgIpc) is 3.68. The van der Waals surface area contributed by atoms with E-state index in [1.165, 1.54) is 27.6 Å². The van der Waals surface area contributed by atoms with Gasteiger partial charge in [0.1, 0.15) is 0 Å². The standard InChI is InChI=1S/C43H31N5/c1-43(2)37-19-10-9-18-34(37)35-24-25-38-36(39(35)43)27-44-48(38)33-22-20-28(21-23-33)31-16-11-17-32(26-31)42-46-40(29-12-5-3-6-13-29)45-41(47-42)30-14-7-4-8-15-30/h3-27H,1-2H3. The van der Waals surface area contributed by atoms with Crippen molar-refractivity contribution in [3.05, 3.63) is 163 Å². The zero-order valence-corrected chi connectivity index (χ0v) is 26.7. The Morgan fingerprint density at radius 2 is 1.06 bits per heavy atom. The second-order valence-corrected chi connectivity index (χ2v) is 12.8. The number of fused-ring (bicyclic) bond motifs is 5. The molecule has 1 aliphatic rings. The Kier molecular flexibility index (Phi) is 6.40. The molecular weight excluding hydrogens is 587 g/mol. The summed E-state index contributed by atoms with van der Waals surface area (Å²) in [6.07, 6.45) is 2.03. The molecule has 0 bridgehead atoms. The highest BCUT2D eigenvalue weighted by atomic mass is 15.3. The molecule has 2 aromatic heterocycles. The minimum Gasteiger partial charge on any atom is -0.233 e. The van der Waals surface area contributed by atoms with Gasteiger partial charge >= 0.3 is 0 Å². The molecule has 0 saturated carbocycles. The molecule has 0 saturated heterocycles. The summed E-state index contributed by atoms with van der Waals surface area (Å²) in [7, 11) is 0. The topological polar surface area (TPSA) is 56.5 Å². The number of aromatic nitrogens is 5. The molecule has 0 fully saturated rings. The number of nitrogens with zero attached hydrogens (tertiary/aromatic N) is 5. The Labute approximate surface area is 279 Å². The number of rotatable bonds is 5. The normalized spacial score (nSPS) is 13.0. The van der Waals surface area contributed by atoms with E-state index < -0.39 is 0 Å². The third-order valence-corrected chi connectivity index (χ3v) is 9.53. The largest absolute Gasteiger partial charge is 0.233 e. The van der Waals surface area contributed by atoms with Crippen LogP contribution in [0, 0.1) is 0 Å². The minimum absolute atomic E-state index is 0.0869. The summed E-state index contributed by atoms with van der Waals surface area (Å²) >= 11 is 0. The lowest BCUT2D eigenvalue weighted by molar-refractivity contribution is 0.666. The monoisotopic (exact) mass is 617 g/mol. The van der Waals surface area contributed by atoms with Gasteiger partial charge in [0.15, 0.2) is 17.5 Å². The van der Waals surface area contributed by atoms with Crippen molar-refractivity contribution in [3.8, 4) is 62.1 Å². The van der Waals surface area contributed by atoms with Crippen molar-refractivity contribution in [1.29, 1.82) is 0 Å². The van der Waals surface area contributed by atoms with Crippen LogP contribution in [-0.2, 0) is 5.41 Å². The lowest BCUT2D eigenvalue weighted by atomic mass is 9.81. The zero-order chi connectivity index (χ0) is 32.2. The fraction of sp³-hybridized carbons (Fsp3) is 0.0698. The SMILES string of the molecule is CC1(C)c2ccccc2-c2ccc3c(cnn3-c3ccc(-c4cccc(-c5nc(-c6ccccc6)nc(-c6ccccc6)n5)c4)cc3)c21. The molecule has 0 amide bonds. The maximum absolute atomic E-state index is 4.93. The van der Waals surface area contributed by atoms with Crippen molar-refractivity contribution in [3.63, 3.8) is 0 Å². The van der Waals surface area contributed by atoms with Crippen molar-refractivity contribution in [1.82, 2.24) is 24.7 Å². The van der Waals surface area contributed by atoms with Gasteiger partial charge in [-0.25, -0.2) is 19.6 Å². The van der Waals surface area contributed by atoms with Crippen molar-refractivity contribution < 1.29 is 0 Å². The molecular formula is C43H31N5. The molecule has 5 nitrogen and oxygen atoms in total. The van der Waals surface area contributed by atoms with Gasteiger partial charge in [-0.15, -0.1) is 0 Å². The first-order valence-corrected chi connectivity index (χ1v) is 16.2. The smallest absolute Gasteiger partial charge is 0.164 e. The molecule has 0 spiro atoms. The van der Waals surface area contributed by atoms with Crippen LogP contribution >= 0.6 is 0 Å². The molecule has 9 rings (SSSR count). The van der Waals surface area contributed by atoms with E-state index in [9.17, 15) is 0 Å². The van der Waals surface area contributed by atoms with E-state index in [1.807, 2.05) is 66.9 Å². The summed E-state index contributed by atoms with van der Waals surface area (Å²) < 4.78 is 2.05. The maximum Gasteiger partial charge on any atom is 0.164 e. The van der Waals surface area contributed by atoms with E-state index in [0.717, 1.165) is 39.0 Å². The minimum atomic E-state index is -0.0869. The van der Waals surface area contributed by atoms with Crippen LogP contribution in [0.4, 0.5) is 0 Å². The Morgan fingerprint density at radius 3 is 1.75 bits per heavy atom. The molecule has 0 aliphatic heterocycles. The molecule has 228 valence electrons. The van der Waals surface area contributed by atoms with Crippen molar-refractivity contribution in [2.24, 2.45) is 0 Å². The van der Waals surface area contributed by atoms with Gasteiger partial charge in [-0.3, -0.25) is 0 Å². The van der Waals surface area contributed by atoms with Gasteiger partial charge in [0, 0.05) is 27.5 Å². The highest BCUT2D eigenvalue weighted by Gasteiger charge is 2.37. The number of hydrogen-bond acceptors (Lipinski definition) is 4. The van der Waals surface area contributed by atoms with Crippen molar-refractivity contribution in [2.75, 3.05) is 0 Å². The fourth-order valence-corrected chi connectivity index (χ4v) is 7.17. The van der Waals surface area contributed by atoms with E-state index in [4.69, 9.17) is 20.1 Å². The van der Waals surface area contributed by atoms with Crippen LogP contribution in [0.15, 0.2) is 152 Å². The van der Waals surface area contributed by atoms with E-state index in [2.05, 4.69) is 103 Å². The third-order valence-electron chi connectivity index (χ3n) is 9.53. The van der Waals surface area contributed by atoms with Gasteiger partial charge in [-0.2, -0.15) is 5.10 Å². The lowest BCUT2D eigenvalue weighted by Gasteiger charge is -2.22. The molecule has 48 heavy (non-hydrogen) atoms. The highest BCUT2D eigenvalue weighted by molar-refractivity contribution is 5.96. The van der Waals surface area contributed by atoms with Gasteiger partial charge in [0.05, 0.1) is 17.4 Å². The van der Waals surface area contributed by atoms with Crippen LogP contribution in [0.5, 0.6) is 0 Å². The Bertz CT molecular complexity index is 2400. The summed E-state index contributed by atoms with van der Waals surface area (Å²) in [5.41, 5.74) is 12.4. The van der Waals surface area contributed by atoms with Crippen molar-refractivity contribution in [2.45, 2.75) is 19.3 Å². The first-order valence-electron chi connectivity index (χ1n) is 16.2. The van der Waals surface area contributed by atoms with Crippen LogP contribution in [0.25, 0.3) is 73.0 Å². The summed E-state index contributed by atoms with van der Waals surface area (Å²) in [6.45, 7) is 4.64. The first-order chi connectivity index (χ1) is 23.5. The molecule has 8 aromatic rings. The van der Waals surface area contributed by atoms with Gasteiger partial charge < -0.3 is 0 Å². The predicted octanol–water partition coefficient (Wildman–Crippen LogP) is 10.2. The van der Waals surface area contributed by atoms with Crippen LogP contribution in [0.2, 0.25) is 0 Å². The van der Waals surface area contributed by atoms with E-state index in [-0.39, 0.29) is 5.41 Å². The predicted molar refractivity (Wildman–Crippen MR) is 194 cm³/mol. The average molecular weight is 618 g/mol. The maximum atomic E-state index is 4.93. The fourth-order valence-electron chi connectivity index (χ4n) is 7.17. The molecule has 2 heterocycles. The van der Waals surface area contributed by atoms with Gasteiger partial charge in [0.2, 0.25) is 0 Å². The highest BCUT2D eigenvalue weighted by Crippen LogP contribution is 2.51. The summed E-state index contributed by atoms with van der Waals surface area (Å²) in [5, 5.41) is 6.09. The Morgan fingerprint density at radius 1 is 0.479 bits per heavy atom. The van der Waals surface area contributed by atoms with E-state index in [1.54, 1.807) is 0 Å². The molecule has 0 atom stereocenters. The van der Waals surface area contributed by atoms with E-state index >= 15 is 0 Å². The van der Waals surface area contributed by atoms with Crippen LogP contribution < -0.4 is 0 Å². The van der Waals surface area contributed by atoms with Gasteiger partial charge in [0.25, 0.3) is 0 Å². The Balaban J connectivity index is 1.07. The molecule has 0 unspecified atom stereocenters. The van der Waals surface area contributed by atoms with Gasteiger partial charge in [-0.05, 0) is 57.6 Å². The number of benzene rings is 6. The summed E-state index contributed by atoms with van der Waals surface area (Å²) in [4.78, 5) is 14.7. The van der Waals surface area contributed by atoms with E-state index in [0.29, 0.717) is 17.5 Å². The second-order valence-electron chi connectivity index (χ2n) is 12.8. The van der Waals surface area contributed by atoms with Crippen LogP contribution in [0.1, 0.15) is 25.0 Å². The summed E-state index contributed by atoms with van der Waals surface area (Å²) in [5.74, 6) is 1.94. The van der Waals surface area contributed by atoms with Crippen molar-refractivity contribution >= 4 is 10.9 Å².